The highest BCUT2D eigenvalue weighted by atomic mass is 19.4. The number of nitriles is 1. The second-order valence-corrected chi connectivity index (χ2v) is 4.45. The van der Waals surface area contributed by atoms with Gasteiger partial charge in [0.1, 0.15) is 11.8 Å². The standard InChI is InChI=1S/C13H15F3N2O/c1-9(2)8-18-11(7-17)10-5-3-4-6-12(10)19-13(14,15)16/h3-6,9,11,18H,8H2,1-2H3. The number of hydrogen-bond donors (Lipinski definition) is 1. The summed E-state index contributed by atoms with van der Waals surface area (Å²) < 4.78 is 40.8. The third-order valence-corrected chi connectivity index (χ3v) is 2.32. The average Bonchev–Trinajstić information content (AvgIpc) is 2.29. The van der Waals surface area contributed by atoms with Gasteiger partial charge in [-0.25, -0.2) is 0 Å². The second kappa shape index (κ2) is 6.43. The lowest BCUT2D eigenvalue weighted by Crippen LogP contribution is -2.26. The van der Waals surface area contributed by atoms with Gasteiger partial charge in [-0.2, -0.15) is 5.26 Å². The second-order valence-electron chi connectivity index (χ2n) is 4.45. The molecule has 0 aliphatic heterocycles. The van der Waals surface area contributed by atoms with Crippen molar-refractivity contribution in [2.45, 2.75) is 26.3 Å². The van der Waals surface area contributed by atoms with Crippen LogP contribution >= 0.6 is 0 Å². The first-order valence-electron chi connectivity index (χ1n) is 5.81. The third kappa shape index (κ3) is 5.18. The summed E-state index contributed by atoms with van der Waals surface area (Å²) in [7, 11) is 0. The van der Waals surface area contributed by atoms with Crippen LogP contribution in [0.2, 0.25) is 0 Å². The molecule has 19 heavy (non-hydrogen) atoms. The number of ether oxygens (including phenoxy) is 1. The quantitative estimate of drug-likeness (QED) is 0.893. The number of para-hydroxylation sites is 1. The lowest BCUT2D eigenvalue weighted by Gasteiger charge is -2.18. The molecule has 0 spiro atoms. The highest BCUT2D eigenvalue weighted by Crippen LogP contribution is 2.30. The van der Waals surface area contributed by atoms with Crippen molar-refractivity contribution < 1.29 is 17.9 Å². The Morgan fingerprint density at radius 2 is 1.95 bits per heavy atom. The summed E-state index contributed by atoms with van der Waals surface area (Å²) >= 11 is 0. The lowest BCUT2D eigenvalue weighted by molar-refractivity contribution is -0.274. The maximum Gasteiger partial charge on any atom is 0.573 e. The van der Waals surface area contributed by atoms with E-state index in [1.165, 1.54) is 18.2 Å². The van der Waals surface area contributed by atoms with E-state index in [1.54, 1.807) is 6.07 Å². The molecule has 1 aromatic rings. The van der Waals surface area contributed by atoms with Crippen LogP contribution in [0.5, 0.6) is 5.75 Å². The van der Waals surface area contributed by atoms with Crippen molar-refractivity contribution in [3.05, 3.63) is 29.8 Å². The molecule has 0 aliphatic carbocycles. The summed E-state index contributed by atoms with van der Waals surface area (Å²) in [6, 6.07) is 6.76. The van der Waals surface area contributed by atoms with E-state index in [9.17, 15) is 13.2 Å². The van der Waals surface area contributed by atoms with Gasteiger partial charge in [0.15, 0.2) is 0 Å². The van der Waals surface area contributed by atoms with Crippen molar-refractivity contribution in [3.63, 3.8) is 0 Å². The topological polar surface area (TPSA) is 45.0 Å². The van der Waals surface area contributed by atoms with Gasteiger partial charge in [-0.15, -0.1) is 13.2 Å². The van der Waals surface area contributed by atoms with Gasteiger partial charge in [-0.1, -0.05) is 32.0 Å². The molecule has 1 atom stereocenters. The molecule has 1 rings (SSSR count). The molecule has 104 valence electrons. The number of benzene rings is 1. The van der Waals surface area contributed by atoms with Crippen molar-refractivity contribution >= 4 is 0 Å². The Morgan fingerprint density at radius 1 is 1.32 bits per heavy atom. The molecule has 0 bridgehead atoms. The van der Waals surface area contributed by atoms with Gasteiger partial charge in [-0.3, -0.25) is 5.32 Å². The molecule has 0 saturated carbocycles. The van der Waals surface area contributed by atoms with Gasteiger partial charge in [0, 0.05) is 5.56 Å². The van der Waals surface area contributed by atoms with Crippen LogP contribution in [-0.4, -0.2) is 12.9 Å². The first-order valence-corrected chi connectivity index (χ1v) is 5.81. The van der Waals surface area contributed by atoms with Crippen LogP contribution in [0.4, 0.5) is 13.2 Å². The predicted octanol–water partition coefficient (Wildman–Crippen LogP) is 3.40. The first-order chi connectivity index (χ1) is 8.83. The number of hydrogen-bond acceptors (Lipinski definition) is 3. The van der Waals surface area contributed by atoms with E-state index in [-0.39, 0.29) is 17.2 Å². The molecule has 0 aliphatic rings. The molecular weight excluding hydrogens is 257 g/mol. The molecule has 1 aromatic carbocycles. The molecule has 0 heterocycles. The molecule has 6 heteroatoms. The Labute approximate surface area is 110 Å². The molecule has 0 fully saturated rings. The number of nitrogens with one attached hydrogen (secondary N) is 1. The summed E-state index contributed by atoms with van der Waals surface area (Å²) in [6.45, 7) is 4.41. The van der Waals surface area contributed by atoms with Crippen LogP contribution in [0.3, 0.4) is 0 Å². The minimum absolute atomic E-state index is 0.183. The van der Waals surface area contributed by atoms with Crippen LogP contribution < -0.4 is 10.1 Å². The van der Waals surface area contributed by atoms with Crippen molar-refractivity contribution in [3.8, 4) is 11.8 Å². The zero-order valence-corrected chi connectivity index (χ0v) is 10.7. The largest absolute Gasteiger partial charge is 0.573 e. The van der Waals surface area contributed by atoms with Gasteiger partial charge in [0.05, 0.1) is 6.07 Å². The van der Waals surface area contributed by atoms with Gasteiger partial charge >= 0.3 is 6.36 Å². The fourth-order valence-corrected chi connectivity index (χ4v) is 1.52. The highest BCUT2D eigenvalue weighted by Gasteiger charge is 2.32. The summed E-state index contributed by atoms with van der Waals surface area (Å²) in [6.07, 6.45) is -4.77. The van der Waals surface area contributed by atoms with Crippen LogP contribution in [-0.2, 0) is 0 Å². The number of alkyl halides is 3. The minimum Gasteiger partial charge on any atom is -0.405 e. The molecule has 1 N–H and O–H groups in total. The third-order valence-electron chi connectivity index (χ3n) is 2.32. The smallest absolute Gasteiger partial charge is 0.405 e. The maximum absolute atomic E-state index is 12.3. The molecule has 0 saturated heterocycles. The van der Waals surface area contributed by atoms with Gasteiger partial charge in [-0.05, 0) is 18.5 Å². The monoisotopic (exact) mass is 272 g/mol. The normalized spacial score (nSPS) is 13.1. The van der Waals surface area contributed by atoms with Crippen molar-refractivity contribution in [1.29, 1.82) is 5.26 Å². The van der Waals surface area contributed by atoms with Crippen LogP contribution in [0.1, 0.15) is 25.5 Å². The average molecular weight is 272 g/mol. The predicted molar refractivity (Wildman–Crippen MR) is 64.3 cm³/mol. The highest BCUT2D eigenvalue weighted by molar-refractivity contribution is 5.38. The van der Waals surface area contributed by atoms with Crippen LogP contribution in [0.25, 0.3) is 0 Å². The molecular formula is C13H15F3N2O. The van der Waals surface area contributed by atoms with Crippen molar-refractivity contribution in [1.82, 2.24) is 5.32 Å². The van der Waals surface area contributed by atoms with Gasteiger partial charge in [0.25, 0.3) is 0 Å². The summed E-state index contributed by atoms with van der Waals surface area (Å²) in [4.78, 5) is 0. The zero-order chi connectivity index (χ0) is 14.5. The van der Waals surface area contributed by atoms with Crippen LogP contribution in [0.15, 0.2) is 24.3 Å². The Morgan fingerprint density at radius 3 is 2.47 bits per heavy atom. The lowest BCUT2D eigenvalue weighted by atomic mass is 10.1. The molecule has 0 aromatic heterocycles. The van der Waals surface area contributed by atoms with Crippen molar-refractivity contribution in [2.24, 2.45) is 5.92 Å². The summed E-state index contributed by atoms with van der Waals surface area (Å²) in [5, 5.41) is 12.0. The number of halogens is 3. The molecule has 3 nitrogen and oxygen atoms in total. The fourth-order valence-electron chi connectivity index (χ4n) is 1.52. The van der Waals surface area contributed by atoms with E-state index in [0.717, 1.165) is 0 Å². The van der Waals surface area contributed by atoms with E-state index >= 15 is 0 Å². The first kappa shape index (κ1) is 15.3. The van der Waals surface area contributed by atoms with Crippen LogP contribution in [0, 0.1) is 17.2 Å². The zero-order valence-electron chi connectivity index (χ0n) is 10.7. The van der Waals surface area contributed by atoms with E-state index in [4.69, 9.17) is 5.26 Å². The van der Waals surface area contributed by atoms with E-state index in [2.05, 4.69) is 10.1 Å². The Balaban J connectivity index is 2.94. The Kier molecular flexibility index (Phi) is 5.19. The van der Waals surface area contributed by atoms with Crippen molar-refractivity contribution in [2.75, 3.05) is 6.54 Å². The van der Waals surface area contributed by atoms with Gasteiger partial charge < -0.3 is 4.74 Å². The fraction of sp³-hybridized carbons (Fsp3) is 0.462. The van der Waals surface area contributed by atoms with E-state index in [0.29, 0.717) is 6.54 Å². The Hall–Kier alpha value is -1.74. The minimum atomic E-state index is -4.77. The Bertz CT molecular complexity index is 452. The molecule has 0 radical (unpaired) electrons. The summed E-state index contributed by atoms with van der Waals surface area (Å²) in [5.74, 6) is -0.0654. The van der Waals surface area contributed by atoms with Gasteiger partial charge in [0.2, 0.25) is 0 Å². The van der Waals surface area contributed by atoms with E-state index in [1.807, 2.05) is 19.9 Å². The van der Waals surface area contributed by atoms with E-state index < -0.39 is 12.4 Å². The maximum atomic E-state index is 12.3. The number of nitrogens with zero attached hydrogens (tertiary/aromatic N) is 1. The SMILES string of the molecule is CC(C)CNC(C#N)c1ccccc1OC(F)(F)F. The molecule has 0 amide bonds. The number of rotatable bonds is 5. The summed E-state index contributed by atoms with van der Waals surface area (Å²) in [5.41, 5.74) is 0.183. The molecule has 1 unspecified atom stereocenters.